The van der Waals surface area contributed by atoms with Crippen LogP contribution in [0.3, 0.4) is 0 Å². The van der Waals surface area contributed by atoms with Crippen molar-refractivity contribution < 1.29 is 74.4 Å². The summed E-state index contributed by atoms with van der Waals surface area (Å²) in [6.45, 7) is 0. The third-order valence-corrected chi connectivity index (χ3v) is 0. The number of rotatable bonds is 0. The summed E-state index contributed by atoms with van der Waals surface area (Å²) in [4.78, 5) is 0. The van der Waals surface area contributed by atoms with Crippen LogP contribution in [0.1, 0.15) is 0 Å². The summed E-state index contributed by atoms with van der Waals surface area (Å²) in [6.07, 6.45) is 0. The largest absolute Gasteiger partial charge is 3.00 e. The Morgan fingerprint density at radius 2 is 0.375 bits per heavy atom. The third kappa shape index (κ3) is 68.1. The van der Waals surface area contributed by atoms with E-state index in [1.54, 1.807) is 0 Å². The van der Waals surface area contributed by atoms with Gasteiger partial charge in [0.25, 0.3) is 0 Å². The predicted molar refractivity (Wildman–Crippen MR) is 21.0 cm³/mol. The van der Waals surface area contributed by atoms with Gasteiger partial charge in [-0.05, 0) is 0 Å². The minimum Gasteiger partial charge on any atom is -1.00 e. The van der Waals surface area contributed by atoms with E-state index in [0.29, 0.717) is 0 Å². The molecule has 0 nitrogen and oxygen atoms in total. The van der Waals surface area contributed by atoms with Crippen LogP contribution in [0.4, 0.5) is 0 Å². The summed E-state index contributed by atoms with van der Waals surface area (Å²) in [5, 5.41) is 0. The number of hydrogen-bond donors (Lipinski definition) is 0. The molecule has 0 aliphatic carbocycles. The average Bonchev–Trinajstić information content (AvgIpc) is 0. The predicted octanol–water partition coefficient (Wildman–Crippen LogP) is -19.1. The molecule has 0 saturated heterocycles. The molecule has 0 amide bonds. The third-order valence-electron chi connectivity index (χ3n) is 0. The van der Waals surface area contributed by atoms with Crippen molar-refractivity contribution in [1.29, 1.82) is 0 Å². The first-order valence-corrected chi connectivity index (χ1v) is 0. The molecule has 0 saturated carbocycles. The van der Waals surface area contributed by atoms with Crippen LogP contribution < -0.4 is 74.4 Å². The van der Waals surface area contributed by atoms with Crippen LogP contribution in [0.15, 0.2) is 0 Å². The summed E-state index contributed by atoms with van der Waals surface area (Å²) in [5.41, 5.74) is 0. The van der Waals surface area contributed by atoms with Crippen molar-refractivity contribution in [1.82, 2.24) is 0 Å². The van der Waals surface area contributed by atoms with Crippen LogP contribution in [-0.4, -0.2) is 19.8 Å². The monoisotopic (exact) mass is 316 g/mol. The molecule has 0 bridgehead atoms. The molecule has 0 atom stereocenters. The molecule has 0 rings (SSSR count). The van der Waals surface area contributed by atoms with Gasteiger partial charge in [0.1, 0.15) is 0 Å². The Labute approximate surface area is 103 Å². The quantitative estimate of drug-likeness (QED) is 0.307. The maximum atomic E-state index is 0. The van der Waals surface area contributed by atoms with Crippen molar-refractivity contribution in [2.75, 3.05) is 0 Å². The van der Waals surface area contributed by atoms with E-state index in [4.69, 9.17) is 0 Å². The smallest absolute Gasteiger partial charge is 1.00 e. The average molecular weight is 319 g/mol. The van der Waals surface area contributed by atoms with E-state index in [-0.39, 0.29) is 104 Å². The van der Waals surface area contributed by atoms with E-state index in [0.717, 1.165) is 0 Å². The minimum atomic E-state index is 0. The zero-order valence-corrected chi connectivity index (χ0v) is 9.80. The second-order valence-corrected chi connectivity index (χ2v) is 0. The van der Waals surface area contributed by atoms with Gasteiger partial charge in [0, 0.05) is 0 Å². The number of hydrogen-bond acceptors (Lipinski definition) is 0. The molecule has 0 aliphatic rings. The van der Waals surface area contributed by atoms with Crippen molar-refractivity contribution in [2.45, 2.75) is 0 Å². The second kappa shape index (κ2) is 96.6. The molecule has 0 aromatic carbocycles. The zero-order valence-electron chi connectivity index (χ0n) is 2.85. The Hall–Kier alpha value is 2.81. The fraction of sp³-hybridized carbons (Fsp3) is 0. The van der Waals surface area contributed by atoms with E-state index < -0.39 is 0 Å². The van der Waals surface area contributed by atoms with Gasteiger partial charge in [-0.1, -0.05) is 0 Å². The van der Waals surface area contributed by atoms with Crippen LogP contribution in [0.25, 0.3) is 0 Å². The minimum absolute atomic E-state index is 0. The molecule has 0 aromatic rings. The Morgan fingerprint density at radius 3 is 0.375 bits per heavy atom. The van der Waals surface area contributed by atoms with Crippen molar-refractivity contribution in [3.05, 3.63) is 0 Å². The van der Waals surface area contributed by atoms with Crippen molar-refractivity contribution in [3.63, 3.8) is 0 Å². The fourth-order valence-corrected chi connectivity index (χ4v) is 0. The van der Waals surface area contributed by atoms with Crippen LogP contribution in [0.5, 0.6) is 0 Å². The summed E-state index contributed by atoms with van der Waals surface area (Å²) in [6, 6.07) is 0. The van der Waals surface area contributed by atoms with Crippen LogP contribution in [-0.2, 0) is 0 Å². The van der Waals surface area contributed by atoms with Crippen molar-refractivity contribution in [2.24, 2.45) is 0 Å². The van der Waals surface area contributed by atoms with Crippen LogP contribution >= 0.6 is 9.90 Å². The van der Waals surface area contributed by atoms with Gasteiger partial charge in [-0.2, -0.15) is 0 Å². The Balaban J connectivity index is 0. The zero-order chi connectivity index (χ0) is 0. The first-order valence-electron chi connectivity index (χ1n) is 0. The summed E-state index contributed by atoms with van der Waals surface area (Å²) in [7, 11) is 0. The van der Waals surface area contributed by atoms with Crippen molar-refractivity contribution in [3.8, 4) is 0 Å². The first-order chi connectivity index (χ1) is 0. The Morgan fingerprint density at radius 1 is 0.375 bits per heavy atom. The maximum absolute atomic E-state index is 0. The van der Waals surface area contributed by atoms with Gasteiger partial charge < -0.3 is 74.4 Å². The molecule has 0 unspecified atom stereocenters. The topological polar surface area (TPSA) is 0 Å². The standard InChI is InChI=1S/6ClH.Ga.H6P/h6*1H;;1H6/q;;;;;;2*+3/p-6. The van der Waals surface area contributed by atoms with Gasteiger partial charge in [0.15, 0.2) is 0 Å². The van der Waals surface area contributed by atoms with Crippen LogP contribution in [0.2, 0.25) is 0 Å². The Bertz CT molecular complexity index is 8.49. The van der Waals surface area contributed by atoms with Gasteiger partial charge in [0.2, 0.25) is 0 Å². The summed E-state index contributed by atoms with van der Waals surface area (Å²) >= 11 is 0. The second-order valence-electron chi connectivity index (χ2n) is 0. The van der Waals surface area contributed by atoms with E-state index in [2.05, 4.69) is 0 Å². The van der Waals surface area contributed by atoms with E-state index in [1.807, 2.05) is 0 Å². The molecule has 0 N–H and O–H groups in total. The molecule has 8 heavy (non-hydrogen) atoms. The maximum Gasteiger partial charge on any atom is 3.00 e. The molecule has 0 aliphatic heterocycles. The van der Waals surface area contributed by atoms with Crippen LogP contribution in [0, 0.1) is 0 Å². The first kappa shape index (κ1) is 132. The van der Waals surface area contributed by atoms with E-state index >= 15 is 0 Å². The number of halogens is 6. The Kier molecular flexibility index (Phi) is 1590. The summed E-state index contributed by atoms with van der Waals surface area (Å²) < 4.78 is 0. The van der Waals surface area contributed by atoms with Crippen molar-refractivity contribution >= 4 is 29.7 Å². The molecular formula is H6Cl6GaP. The SMILES string of the molecule is [Cl-].[Cl-].[Cl-].[Cl-].[Cl-].[Cl-].[Ga+3].[PH6+3]. The molecule has 56 valence electrons. The fourth-order valence-electron chi connectivity index (χ4n) is 0. The van der Waals surface area contributed by atoms with Gasteiger partial charge in [-0.25, -0.2) is 0 Å². The molecule has 0 spiro atoms. The normalized spacial score (nSPS) is 0. The molecule has 0 fully saturated rings. The van der Waals surface area contributed by atoms with Gasteiger partial charge >= 0.3 is 19.8 Å². The molecular weight excluding hydrogens is 313 g/mol. The summed E-state index contributed by atoms with van der Waals surface area (Å²) in [5.74, 6) is 0. The van der Waals surface area contributed by atoms with Gasteiger partial charge in [0.05, 0.1) is 0 Å². The van der Waals surface area contributed by atoms with E-state index in [1.165, 1.54) is 0 Å². The van der Waals surface area contributed by atoms with Gasteiger partial charge in [-0.3, -0.25) is 9.90 Å². The molecule has 0 heterocycles. The molecule has 0 radical (unpaired) electrons. The van der Waals surface area contributed by atoms with Gasteiger partial charge in [-0.15, -0.1) is 0 Å². The molecule has 0 aromatic heterocycles. The van der Waals surface area contributed by atoms with E-state index in [9.17, 15) is 0 Å². The molecule has 8 heteroatoms.